The molecule has 0 spiro atoms. The zero-order chi connectivity index (χ0) is 14.3. The van der Waals surface area contributed by atoms with Crippen LogP contribution < -0.4 is 4.90 Å². The third-order valence-electron chi connectivity index (χ3n) is 4.66. The summed E-state index contributed by atoms with van der Waals surface area (Å²) in [5.74, 6) is 0.188. The molecule has 4 nitrogen and oxygen atoms in total. The van der Waals surface area contributed by atoms with Gasteiger partial charge < -0.3 is 9.64 Å². The molecule has 4 heteroatoms. The Morgan fingerprint density at radius 1 is 1.40 bits per heavy atom. The molecule has 0 radical (unpaired) electrons. The molecule has 2 aliphatic rings. The third-order valence-corrected chi connectivity index (χ3v) is 4.66. The molecular weight excluding hydrogens is 254 g/mol. The number of rotatable bonds is 4. The Bertz CT molecular complexity index is 570. The van der Waals surface area contributed by atoms with Crippen molar-refractivity contribution in [3.8, 4) is 0 Å². The van der Waals surface area contributed by atoms with Gasteiger partial charge in [0.2, 0.25) is 5.91 Å². The smallest absolute Gasteiger partial charge is 0.231 e. The molecule has 1 saturated carbocycles. The van der Waals surface area contributed by atoms with Gasteiger partial charge in [0, 0.05) is 31.8 Å². The topological polar surface area (TPSA) is 46.6 Å². The maximum absolute atomic E-state index is 12.4. The van der Waals surface area contributed by atoms with E-state index in [1.54, 1.807) is 19.1 Å². The first-order chi connectivity index (χ1) is 9.54. The Balaban J connectivity index is 1.80. The van der Waals surface area contributed by atoms with Crippen LogP contribution in [0.5, 0.6) is 0 Å². The summed E-state index contributed by atoms with van der Waals surface area (Å²) < 4.78 is 5.51. The number of carbonyl (C=O) groups is 2. The molecule has 1 fully saturated rings. The number of hydrogen-bond donors (Lipinski definition) is 0. The van der Waals surface area contributed by atoms with Gasteiger partial charge in [-0.25, -0.2) is 0 Å². The number of ketones is 1. The highest BCUT2D eigenvalue weighted by atomic mass is 16.5. The van der Waals surface area contributed by atoms with Crippen molar-refractivity contribution in [2.75, 3.05) is 19.1 Å². The molecular formula is C16H19NO3. The van der Waals surface area contributed by atoms with Gasteiger partial charge in [0.05, 0.1) is 12.0 Å². The normalized spacial score (nSPS) is 19.7. The molecule has 0 aromatic heterocycles. The number of methoxy groups -OCH3 is 1. The molecule has 1 aliphatic carbocycles. The molecule has 106 valence electrons. The largest absolute Gasteiger partial charge is 0.378 e. The second-order valence-corrected chi connectivity index (χ2v) is 5.81. The van der Waals surface area contributed by atoms with E-state index in [9.17, 15) is 9.59 Å². The minimum atomic E-state index is -0.247. The monoisotopic (exact) mass is 273 g/mol. The average Bonchev–Trinajstić information content (AvgIpc) is 2.69. The van der Waals surface area contributed by atoms with E-state index in [-0.39, 0.29) is 17.3 Å². The number of anilines is 1. The van der Waals surface area contributed by atoms with Crippen LogP contribution in [0.2, 0.25) is 0 Å². The first-order valence-electron chi connectivity index (χ1n) is 7.02. The van der Waals surface area contributed by atoms with Crippen molar-refractivity contribution >= 4 is 17.4 Å². The van der Waals surface area contributed by atoms with Crippen LogP contribution in [-0.2, 0) is 16.0 Å². The molecule has 0 atom stereocenters. The summed E-state index contributed by atoms with van der Waals surface area (Å²) in [6.45, 7) is 0. The zero-order valence-electron chi connectivity index (χ0n) is 11.9. The number of fused-ring (bicyclic) bond motifs is 1. The molecule has 20 heavy (non-hydrogen) atoms. The zero-order valence-corrected chi connectivity index (χ0v) is 11.9. The van der Waals surface area contributed by atoms with Crippen LogP contribution in [0.25, 0.3) is 0 Å². The van der Waals surface area contributed by atoms with Gasteiger partial charge in [-0.3, -0.25) is 9.59 Å². The van der Waals surface area contributed by atoms with E-state index >= 15 is 0 Å². The van der Waals surface area contributed by atoms with Gasteiger partial charge in [-0.05, 0) is 43.0 Å². The number of ether oxygens (including phenoxy) is 1. The fourth-order valence-corrected chi connectivity index (χ4v) is 3.06. The maximum Gasteiger partial charge on any atom is 0.231 e. The Kier molecular flexibility index (Phi) is 3.13. The second-order valence-electron chi connectivity index (χ2n) is 5.81. The molecule has 1 aromatic carbocycles. The molecule has 1 aromatic rings. The Morgan fingerprint density at radius 2 is 2.15 bits per heavy atom. The number of nitrogens with zero attached hydrogens (tertiary/aromatic N) is 1. The third kappa shape index (κ3) is 2.04. The number of carbonyl (C=O) groups excluding carboxylic acids is 2. The Labute approximate surface area is 118 Å². The lowest BCUT2D eigenvalue weighted by atomic mass is 9.75. The quantitative estimate of drug-likeness (QED) is 0.791. The molecule has 1 heterocycles. The highest BCUT2D eigenvalue weighted by Gasteiger charge is 2.39. The van der Waals surface area contributed by atoms with E-state index in [4.69, 9.17) is 4.74 Å². The summed E-state index contributed by atoms with van der Waals surface area (Å²) in [7, 11) is 3.45. The predicted molar refractivity (Wildman–Crippen MR) is 76.1 cm³/mol. The summed E-state index contributed by atoms with van der Waals surface area (Å²) in [5.41, 5.74) is 2.30. The maximum atomic E-state index is 12.4. The van der Waals surface area contributed by atoms with Crippen molar-refractivity contribution in [2.45, 2.75) is 37.7 Å². The van der Waals surface area contributed by atoms with Crippen LogP contribution in [-0.4, -0.2) is 31.4 Å². The highest BCUT2D eigenvalue weighted by molar-refractivity contribution is 6.03. The molecule has 0 unspecified atom stereocenters. The van der Waals surface area contributed by atoms with Gasteiger partial charge in [-0.2, -0.15) is 0 Å². The van der Waals surface area contributed by atoms with Crippen LogP contribution in [0.15, 0.2) is 18.2 Å². The van der Waals surface area contributed by atoms with Crippen LogP contribution in [0.1, 0.15) is 41.6 Å². The van der Waals surface area contributed by atoms with Crippen LogP contribution in [0.3, 0.4) is 0 Å². The summed E-state index contributed by atoms with van der Waals surface area (Å²) in [6.07, 6.45) is 3.88. The van der Waals surface area contributed by atoms with Crippen LogP contribution in [0, 0.1) is 0 Å². The fraction of sp³-hybridized carbons (Fsp3) is 0.500. The minimum absolute atomic E-state index is 0.0805. The lowest BCUT2D eigenvalue weighted by Crippen LogP contribution is -2.41. The molecule has 3 rings (SSSR count). The van der Waals surface area contributed by atoms with Gasteiger partial charge in [0.25, 0.3) is 0 Å². The van der Waals surface area contributed by atoms with E-state index < -0.39 is 0 Å². The molecule has 1 aliphatic heterocycles. The van der Waals surface area contributed by atoms with Crippen molar-refractivity contribution in [3.05, 3.63) is 29.3 Å². The Hall–Kier alpha value is -1.68. The van der Waals surface area contributed by atoms with Crippen molar-refractivity contribution in [2.24, 2.45) is 0 Å². The molecule has 0 bridgehead atoms. The first kappa shape index (κ1) is 13.3. The Morgan fingerprint density at radius 3 is 2.75 bits per heavy atom. The average molecular weight is 273 g/mol. The van der Waals surface area contributed by atoms with E-state index in [1.165, 1.54) is 0 Å². The number of likely N-dealkylation sites (N-methyl/N-ethyl adjacent to an activating group) is 1. The van der Waals surface area contributed by atoms with E-state index in [0.717, 1.165) is 30.5 Å². The number of hydrogen-bond acceptors (Lipinski definition) is 3. The second kappa shape index (κ2) is 4.70. The predicted octanol–water partition coefficient (Wildman–Crippen LogP) is 2.35. The standard InChI is InChI=1S/C16H19NO3/c1-17-13-5-4-11(8-12(13)9-15(17)19)14(18)10-16(20-2)6-3-7-16/h4-5,8H,3,6-7,9-10H2,1-2H3. The van der Waals surface area contributed by atoms with Gasteiger partial charge in [0.1, 0.15) is 0 Å². The number of amides is 1. The van der Waals surface area contributed by atoms with Crippen LogP contribution >= 0.6 is 0 Å². The van der Waals surface area contributed by atoms with Crippen LogP contribution in [0.4, 0.5) is 5.69 Å². The fourth-order valence-electron chi connectivity index (χ4n) is 3.06. The summed E-state index contributed by atoms with van der Waals surface area (Å²) in [4.78, 5) is 25.7. The lowest BCUT2D eigenvalue weighted by molar-refractivity contribution is -0.117. The van der Waals surface area contributed by atoms with Crippen molar-refractivity contribution < 1.29 is 14.3 Å². The van der Waals surface area contributed by atoms with Crippen molar-refractivity contribution in [1.29, 1.82) is 0 Å². The lowest BCUT2D eigenvalue weighted by Gasteiger charge is -2.40. The summed E-state index contributed by atoms with van der Waals surface area (Å²) >= 11 is 0. The van der Waals surface area contributed by atoms with E-state index in [2.05, 4.69) is 0 Å². The van der Waals surface area contributed by atoms with Gasteiger partial charge >= 0.3 is 0 Å². The summed E-state index contributed by atoms with van der Waals surface area (Å²) in [5, 5.41) is 0. The molecule has 0 N–H and O–H groups in total. The SMILES string of the molecule is COC1(CC(=O)c2ccc3c(c2)CC(=O)N3C)CCC1. The van der Waals surface area contributed by atoms with Gasteiger partial charge in [-0.15, -0.1) is 0 Å². The highest BCUT2D eigenvalue weighted by Crippen LogP contribution is 2.39. The van der Waals surface area contributed by atoms with E-state index in [1.807, 2.05) is 18.2 Å². The van der Waals surface area contributed by atoms with Gasteiger partial charge in [-0.1, -0.05) is 0 Å². The molecule has 0 saturated heterocycles. The molecule has 1 amide bonds. The van der Waals surface area contributed by atoms with Gasteiger partial charge in [0.15, 0.2) is 5.78 Å². The number of Topliss-reactive ketones (excluding diaryl/α,β-unsaturated/α-hetero) is 1. The van der Waals surface area contributed by atoms with Crippen molar-refractivity contribution in [3.63, 3.8) is 0 Å². The first-order valence-corrected chi connectivity index (χ1v) is 7.02. The minimum Gasteiger partial charge on any atom is -0.378 e. The van der Waals surface area contributed by atoms with Crippen molar-refractivity contribution in [1.82, 2.24) is 0 Å². The number of benzene rings is 1. The van der Waals surface area contributed by atoms with E-state index in [0.29, 0.717) is 18.4 Å². The summed E-state index contributed by atoms with van der Waals surface area (Å²) in [6, 6.07) is 5.55.